The van der Waals surface area contributed by atoms with Gasteiger partial charge in [-0.3, -0.25) is 0 Å². The number of nitrogens with zero attached hydrogens (tertiary/aromatic N) is 4. The van der Waals surface area contributed by atoms with Gasteiger partial charge in [0.1, 0.15) is 22.5 Å². The van der Waals surface area contributed by atoms with Gasteiger partial charge in [-0.2, -0.15) is 5.26 Å². The van der Waals surface area contributed by atoms with Crippen molar-refractivity contribution in [1.82, 2.24) is 9.97 Å². The Hall–Kier alpha value is -2.46. The summed E-state index contributed by atoms with van der Waals surface area (Å²) in [5.41, 5.74) is 1.05. The lowest BCUT2D eigenvalue weighted by Crippen LogP contribution is -2.21. The van der Waals surface area contributed by atoms with Crippen molar-refractivity contribution in [3.8, 4) is 28.8 Å². The summed E-state index contributed by atoms with van der Waals surface area (Å²) in [5.74, 6) is 1.51. The molecule has 4 rings (SSSR count). The van der Waals surface area contributed by atoms with Crippen LogP contribution in [0.1, 0.15) is 6.42 Å². The highest BCUT2D eigenvalue weighted by atomic mass is 35.5. The fourth-order valence-electron chi connectivity index (χ4n) is 3.64. The number of fused-ring (bicyclic) bond motifs is 1. The molecular formula is C21H17Cl3N4O2. The fourth-order valence-corrected chi connectivity index (χ4v) is 4.49. The van der Waals surface area contributed by atoms with Crippen molar-refractivity contribution in [1.29, 1.82) is 5.26 Å². The maximum absolute atomic E-state index is 9.32. The van der Waals surface area contributed by atoms with Crippen LogP contribution in [0.4, 0.5) is 5.82 Å². The van der Waals surface area contributed by atoms with Crippen LogP contribution in [0.15, 0.2) is 24.4 Å². The highest BCUT2D eigenvalue weighted by Crippen LogP contribution is 2.46. The van der Waals surface area contributed by atoms with Crippen molar-refractivity contribution in [3.63, 3.8) is 0 Å². The average Bonchev–Trinajstić information content (AvgIpc) is 3.23. The predicted octanol–water partition coefficient (Wildman–Crippen LogP) is 5.62. The van der Waals surface area contributed by atoms with Gasteiger partial charge < -0.3 is 14.4 Å². The van der Waals surface area contributed by atoms with Crippen LogP contribution in [0.2, 0.25) is 15.2 Å². The number of methoxy groups -OCH3 is 2. The van der Waals surface area contributed by atoms with E-state index in [4.69, 9.17) is 49.3 Å². The molecule has 1 aromatic carbocycles. The molecule has 0 N–H and O–H groups in total. The van der Waals surface area contributed by atoms with Crippen LogP contribution in [0.3, 0.4) is 0 Å². The number of ether oxygens (including phenoxy) is 2. The van der Waals surface area contributed by atoms with Crippen LogP contribution >= 0.6 is 34.8 Å². The Morgan fingerprint density at radius 3 is 2.40 bits per heavy atom. The molecule has 0 radical (unpaired) electrons. The maximum Gasteiger partial charge on any atom is 0.141 e. The van der Waals surface area contributed by atoms with E-state index < -0.39 is 0 Å². The normalized spacial score (nSPS) is 16.0. The topological polar surface area (TPSA) is 71.3 Å². The van der Waals surface area contributed by atoms with Gasteiger partial charge in [0.15, 0.2) is 0 Å². The van der Waals surface area contributed by atoms with Gasteiger partial charge in [0.05, 0.1) is 41.9 Å². The van der Waals surface area contributed by atoms with E-state index in [1.165, 1.54) is 14.2 Å². The number of hydrogen-bond donors (Lipinski definition) is 0. The lowest BCUT2D eigenvalue weighted by Gasteiger charge is -2.21. The van der Waals surface area contributed by atoms with Gasteiger partial charge in [0.25, 0.3) is 0 Å². The third-order valence-corrected chi connectivity index (χ3v) is 6.12. The molecule has 0 aliphatic carbocycles. The summed E-state index contributed by atoms with van der Waals surface area (Å²) in [7, 11) is 3.05. The highest BCUT2D eigenvalue weighted by molar-refractivity contribution is 6.41. The second-order valence-electron chi connectivity index (χ2n) is 6.90. The molecule has 1 saturated heterocycles. The Labute approximate surface area is 188 Å². The van der Waals surface area contributed by atoms with Crippen LogP contribution in [0.25, 0.3) is 22.0 Å². The smallest absolute Gasteiger partial charge is 0.141 e. The van der Waals surface area contributed by atoms with Gasteiger partial charge in [-0.25, -0.2) is 9.97 Å². The predicted molar refractivity (Wildman–Crippen MR) is 119 cm³/mol. The van der Waals surface area contributed by atoms with Crippen molar-refractivity contribution in [2.45, 2.75) is 6.42 Å². The highest BCUT2D eigenvalue weighted by Gasteiger charge is 2.27. The number of aromatic nitrogens is 2. The molecular weight excluding hydrogens is 447 g/mol. The first kappa shape index (κ1) is 20.8. The Morgan fingerprint density at radius 2 is 1.80 bits per heavy atom. The molecule has 2 aromatic heterocycles. The first-order valence-corrected chi connectivity index (χ1v) is 10.3. The van der Waals surface area contributed by atoms with Crippen molar-refractivity contribution in [2.75, 3.05) is 32.2 Å². The van der Waals surface area contributed by atoms with Crippen LogP contribution in [0, 0.1) is 17.2 Å². The lowest BCUT2D eigenvalue weighted by molar-refractivity contribution is 0.395. The summed E-state index contributed by atoms with van der Waals surface area (Å²) in [4.78, 5) is 11.2. The fraction of sp³-hybridized carbons (Fsp3) is 0.286. The van der Waals surface area contributed by atoms with Crippen molar-refractivity contribution in [3.05, 3.63) is 39.6 Å². The maximum atomic E-state index is 9.32. The van der Waals surface area contributed by atoms with Gasteiger partial charge >= 0.3 is 0 Å². The number of halogens is 3. The summed E-state index contributed by atoms with van der Waals surface area (Å²) < 4.78 is 10.8. The summed E-state index contributed by atoms with van der Waals surface area (Å²) in [6.45, 7) is 1.30. The van der Waals surface area contributed by atoms with E-state index in [1.54, 1.807) is 18.3 Å². The zero-order chi connectivity index (χ0) is 21.4. The largest absolute Gasteiger partial charge is 0.495 e. The summed E-state index contributed by atoms with van der Waals surface area (Å²) in [6.07, 6.45) is 2.46. The van der Waals surface area contributed by atoms with Crippen LogP contribution in [-0.4, -0.2) is 37.3 Å². The standard InChI is InChI=1S/C21H17Cl3N4O2/c1-29-15-7-16(30-2)20(24)18(19(15)23)14-5-12-9-26-17(22)6-13(12)21(27-14)28-4-3-11(8-25)10-28/h5-7,9,11H,3-4,10H2,1-2H3. The number of anilines is 1. The molecule has 9 heteroatoms. The molecule has 1 fully saturated rings. The quantitative estimate of drug-likeness (QED) is 0.467. The molecule has 1 aliphatic heterocycles. The van der Waals surface area contributed by atoms with E-state index in [0.29, 0.717) is 56.9 Å². The Bertz CT molecular complexity index is 1150. The third kappa shape index (κ3) is 3.58. The molecule has 0 amide bonds. The van der Waals surface area contributed by atoms with Gasteiger partial charge in [-0.15, -0.1) is 0 Å². The molecule has 30 heavy (non-hydrogen) atoms. The Morgan fingerprint density at radius 1 is 1.10 bits per heavy atom. The number of rotatable bonds is 4. The van der Waals surface area contributed by atoms with E-state index >= 15 is 0 Å². The summed E-state index contributed by atoms with van der Waals surface area (Å²) in [6, 6.07) is 7.60. The molecule has 6 nitrogen and oxygen atoms in total. The molecule has 0 bridgehead atoms. The minimum absolute atomic E-state index is 0.0492. The summed E-state index contributed by atoms with van der Waals surface area (Å²) in [5, 5.41) is 12.0. The molecule has 154 valence electrons. The molecule has 0 saturated carbocycles. The first-order chi connectivity index (χ1) is 14.5. The van der Waals surface area contributed by atoms with E-state index in [-0.39, 0.29) is 5.92 Å². The zero-order valence-corrected chi connectivity index (χ0v) is 18.5. The van der Waals surface area contributed by atoms with E-state index in [9.17, 15) is 5.26 Å². The number of pyridine rings is 2. The zero-order valence-electron chi connectivity index (χ0n) is 16.2. The summed E-state index contributed by atoms with van der Waals surface area (Å²) >= 11 is 19.4. The van der Waals surface area contributed by atoms with Crippen LogP contribution in [0.5, 0.6) is 11.5 Å². The molecule has 1 aliphatic rings. The van der Waals surface area contributed by atoms with Crippen molar-refractivity contribution in [2.24, 2.45) is 5.92 Å². The number of nitriles is 1. The lowest BCUT2D eigenvalue weighted by atomic mass is 10.1. The van der Waals surface area contributed by atoms with Crippen LogP contribution in [-0.2, 0) is 0 Å². The van der Waals surface area contributed by atoms with E-state index in [1.807, 2.05) is 6.07 Å². The van der Waals surface area contributed by atoms with Gasteiger partial charge in [-0.1, -0.05) is 34.8 Å². The Kier molecular flexibility index (Phi) is 5.79. The third-order valence-electron chi connectivity index (χ3n) is 5.16. The second kappa shape index (κ2) is 8.35. The molecule has 1 unspecified atom stereocenters. The minimum Gasteiger partial charge on any atom is -0.495 e. The molecule has 0 spiro atoms. The van der Waals surface area contributed by atoms with Crippen molar-refractivity contribution >= 4 is 51.4 Å². The van der Waals surface area contributed by atoms with Gasteiger partial charge in [0, 0.05) is 41.7 Å². The molecule has 1 atom stereocenters. The Balaban J connectivity index is 1.98. The second-order valence-corrected chi connectivity index (χ2v) is 8.05. The van der Waals surface area contributed by atoms with Crippen LogP contribution < -0.4 is 14.4 Å². The number of hydrogen-bond acceptors (Lipinski definition) is 6. The first-order valence-electron chi connectivity index (χ1n) is 9.18. The van der Waals surface area contributed by atoms with E-state index in [0.717, 1.165) is 17.2 Å². The molecule has 3 heterocycles. The van der Waals surface area contributed by atoms with Crippen molar-refractivity contribution < 1.29 is 9.47 Å². The number of benzene rings is 1. The SMILES string of the molecule is COc1cc(OC)c(Cl)c(-c2cc3cnc(Cl)cc3c(N3CCC(C#N)C3)n2)c1Cl. The van der Waals surface area contributed by atoms with Gasteiger partial charge in [-0.05, 0) is 18.6 Å². The minimum atomic E-state index is -0.0492. The average molecular weight is 464 g/mol. The van der Waals surface area contributed by atoms with Gasteiger partial charge in [0.2, 0.25) is 0 Å². The molecule has 3 aromatic rings. The monoisotopic (exact) mass is 462 g/mol. The van der Waals surface area contributed by atoms with E-state index in [2.05, 4.69) is 16.0 Å².